The number of benzene rings is 2. The molecular formula is C25H31ClN2O5S. The third-order valence-electron chi connectivity index (χ3n) is 6.55. The van der Waals surface area contributed by atoms with Crippen LogP contribution in [0.1, 0.15) is 32.1 Å². The van der Waals surface area contributed by atoms with Crippen LogP contribution >= 0.6 is 11.6 Å². The highest BCUT2D eigenvalue weighted by Crippen LogP contribution is 2.31. The molecule has 34 heavy (non-hydrogen) atoms. The normalized spacial score (nSPS) is 21.8. The van der Waals surface area contributed by atoms with Gasteiger partial charge in [-0.3, -0.25) is 4.79 Å². The molecule has 9 heteroatoms. The van der Waals surface area contributed by atoms with Crippen molar-refractivity contribution >= 4 is 27.5 Å². The second-order valence-electron chi connectivity index (χ2n) is 8.85. The molecule has 184 valence electrons. The van der Waals surface area contributed by atoms with Crippen molar-refractivity contribution in [2.45, 2.75) is 43.1 Å². The van der Waals surface area contributed by atoms with E-state index in [0.717, 1.165) is 32.4 Å². The van der Waals surface area contributed by atoms with Gasteiger partial charge < -0.3 is 14.4 Å². The van der Waals surface area contributed by atoms with E-state index in [1.165, 1.54) is 11.4 Å². The number of sulfonamides is 1. The van der Waals surface area contributed by atoms with Crippen molar-refractivity contribution in [3.63, 3.8) is 0 Å². The Kier molecular flexibility index (Phi) is 8.01. The van der Waals surface area contributed by atoms with Crippen molar-refractivity contribution in [2.75, 3.05) is 33.3 Å². The van der Waals surface area contributed by atoms with Gasteiger partial charge in [-0.25, -0.2) is 8.42 Å². The zero-order chi connectivity index (χ0) is 24.1. The van der Waals surface area contributed by atoms with Gasteiger partial charge in [-0.1, -0.05) is 17.7 Å². The first kappa shape index (κ1) is 24.8. The number of carbonyl (C=O) groups excluding carboxylic acids is 1. The second-order valence-corrected chi connectivity index (χ2v) is 11.2. The van der Waals surface area contributed by atoms with Gasteiger partial charge in [0.05, 0.1) is 12.0 Å². The molecular weight excluding hydrogens is 476 g/mol. The molecule has 2 aliphatic rings. The molecule has 0 N–H and O–H groups in total. The van der Waals surface area contributed by atoms with Crippen LogP contribution in [-0.4, -0.2) is 62.9 Å². The largest absolute Gasteiger partial charge is 0.497 e. The standard InChI is InChI=1S/C25H31ClN2O5S/c1-32-21-8-10-23(11-9-21)34(30,31)28-15-12-24(33-22-7-5-6-20(26)17-22)19(18-28)16-25(29)27-13-3-2-4-14-27/h5-11,17,19,24H,2-4,12-16,18H2,1H3/t19-,24-/m0/s1. The van der Waals surface area contributed by atoms with Crippen LogP contribution in [0.3, 0.4) is 0 Å². The number of rotatable bonds is 7. The SMILES string of the molecule is COc1ccc(S(=O)(=O)N2CC[C@H](Oc3cccc(Cl)c3)[C@@H](CC(=O)N3CCCCC3)C2)cc1. The van der Waals surface area contributed by atoms with E-state index in [0.29, 0.717) is 29.5 Å². The lowest BCUT2D eigenvalue weighted by Crippen LogP contribution is -2.49. The van der Waals surface area contributed by atoms with E-state index in [1.807, 2.05) is 17.0 Å². The summed E-state index contributed by atoms with van der Waals surface area (Å²) in [6.45, 7) is 2.06. The number of methoxy groups -OCH3 is 1. The minimum absolute atomic E-state index is 0.0630. The van der Waals surface area contributed by atoms with Gasteiger partial charge in [0.1, 0.15) is 17.6 Å². The molecule has 1 amide bonds. The van der Waals surface area contributed by atoms with Crippen molar-refractivity contribution in [1.29, 1.82) is 0 Å². The van der Waals surface area contributed by atoms with E-state index in [1.54, 1.807) is 36.4 Å². The van der Waals surface area contributed by atoms with E-state index in [9.17, 15) is 13.2 Å². The summed E-state index contributed by atoms with van der Waals surface area (Å²) in [5.41, 5.74) is 0. The molecule has 2 aromatic carbocycles. The molecule has 0 aromatic heterocycles. The summed E-state index contributed by atoms with van der Waals surface area (Å²) >= 11 is 6.12. The van der Waals surface area contributed by atoms with Crippen LogP contribution in [0.25, 0.3) is 0 Å². The first-order valence-electron chi connectivity index (χ1n) is 11.7. The van der Waals surface area contributed by atoms with Crippen LogP contribution in [-0.2, 0) is 14.8 Å². The second kappa shape index (κ2) is 11.0. The Morgan fingerprint density at radius 1 is 1.03 bits per heavy atom. The summed E-state index contributed by atoms with van der Waals surface area (Å²) in [6.07, 6.45) is 3.61. The molecule has 2 heterocycles. The van der Waals surface area contributed by atoms with E-state index in [-0.39, 0.29) is 35.8 Å². The number of carbonyl (C=O) groups is 1. The van der Waals surface area contributed by atoms with E-state index < -0.39 is 10.0 Å². The van der Waals surface area contributed by atoms with Crippen molar-refractivity contribution < 1.29 is 22.7 Å². The number of likely N-dealkylation sites (tertiary alicyclic amines) is 1. The summed E-state index contributed by atoms with van der Waals surface area (Å²) in [4.78, 5) is 15.2. The predicted octanol–water partition coefficient (Wildman–Crippen LogP) is 4.21. The van der Waals surface area contributed by atoms with Crippen LogP contribution in [0.2, 0.25) is 5.02 Å². The van der Waals surface area contributed by atoms with Crippen molar-refractivity contribution in [1.82, 2.24) is 9.21 Å². The molecule has 4 rings (SSSR count). The van der Waals surface area contributed by atoms with Crippen molar-refractivity contribution in [3.8, 4) is 11.5 Å². The first-order valence-corrected chi connectivity index (χ1v) is 13.5. The van der Waals surface area contributed by atoms with Gasteiger partial charge in [-0.05, 0) is 68.1 Å². The zero-order valence-corrected chi connectivity index (χ0v) is 20.9. The number of hydrogen-bond acceptors (Lipinski definition) is 5. The lowest BCUT2D eigenvalue weighted by atomic mass is 9.91. The fourth-order valence-electron chi connectivity index (χ4n) is 4.66. The lowest BCUT2D eigenvalue weighted by molar-refractivity contribution is -0.134. The fourth-order valence-corrected chi connectivity index (χ4v) is 6.35. The summed E-state index contributed by atoms with van der Waals surface area (Å²) in [5, 5.41) is 0.568. The molecule has 0 aliphatic carbocycles. The first-order chi connectivity index (χ1) is 16.4. The fraction of sp³-hybridized carbons (Fsp3) is 0.480. The molecule has 2 fully saturated rings. The smallest absolute Gasteiger partial charge is 0.243 e. The van der Waals surface area contributed by atoms with E-state index in [2.05, 4.69) is 0 Å². The van der Waals surface area contributed by atoms with Crippen LogP contribution in [0.4, 0.5) is 0 Å². The zero-order valence-electron chi connectivity index (χ0n) is 19.4. The van der Waals surface area contributed by atoms with Crippen LogP contribution in [0.15, 0.2) is 53.4 Å². The Hall–Kier alpha value is -2.29. The maximum Gasteiger partial charge on any atom is 0.243 e. The minimum Gasteiger partial charge on any atom is -0.497 e. The van der Waals surface area contributed by atoms with Gasteiger partial charge in [0.2, 0.25) is 15.9 Å². The van der Waals surface area contributed by atoms with Crippen LogP contribution in [0.5, 0.6) is 11.5 Å². The van der Waals surface area contributed by atoms with Crippen LogP contribution < -0.4 is 9.47 Å². The van der Waals surface area contributed by atoms with Crippen LogP contribution in [0, 0.1) is 5.92 Å². The lowest BCUT2D eigenvalue weighted by Gasteiger charge is -2.38. The summed E-state index contributed by atoms with van der Waals surface area (Å²) in [6, 6.07) is 13.5. The Labute approximate surface area is 206 Å². The van der Waals surface area contributed by atoms with E-state index in [4.69, 9.17) is 21.1 Å². The highest BCUT2D eigenvalue weighted by Gasteiger charge is 2.38. The van der Waals surface area contributed by atoms with Gasteiger partial charge in [-0.15, -0.1) is 0 Å². The summed E-state index contributed by atoms with van der Waals surface area (Å²) in [5.74, 6) is 1.01. The maximum absolute atomic E-state index is 13.4. The Bertz CT molecular complexity index is 1090. The topological polar surface area (TPSA) is 76.1 Å². The highest BCUT2D eigenvalue weighted by molar-refractivity contribution is 7.89. The highest BCUT2D eigenvalue weighted by atomic mass is 35.5. The van der Waals surface area contributed by atoms with Gasteiger partial charge in [0.15, 0.2) is 0 Å². The molecule has 2 aromatic rings. The monoisotopic (exact) mass is 506 g/mol. The average molecular weight is 507 g/mol. The molecule has 2 atom stereocenters. The molecule has 0 radical (unpaired) electrons. The van der Waals surface area contributed by atoms with Gasteiger partial charge in [0.25, 0.3) is 0 Å². The number of ether oxygens (including phenoxy) is 2. The average Bonchev–Trinajstić information content (AvgIpc) is 2.85. The number of piperidine rings is 2. The van der Waals surface area contributed by atoms with Gasteiger partial charge in [0, 0.05) is 43.5 Å². The summed E-state index contributed by atoms with van der Waals surface area (Å²) in [7, 11) is -2.17. The Balaban J connectivity index is 1.53. The number of halogens is 1. The Morgan fingerprint density at radius 2 is 1.76 bits per heavy atom. The molecule has 2 aliphatic heterocycles. The third kappa shape index (κ3) is 5.85. The van der Waals surface area contributed by atoms with Gasteiger partial charge >= 0.3 is 0 Å². The van der Waals surface area contributed by atoms with Crippen molar-refractivity contribution in [2.24, 2.45) is 5.92 Å². The predicted molar refractivity (Wildman–Crippen MR) is 131 cm³/mol. The number of amides is 1. The van der Waals surface area contributed by atoms with E-state index >= 15 is 0 Å². The molecule has 0 saturated carbocycles. The quantitative estimate of drug-likeness (QED) is 0.562. The van der Waals surface area contributed by atoms with Crippen molar-refractivity contribution in [3.05, 3.63) is 53.6 Å². The Morgan fingerprint density at radius 3 is 2.44 bits per heavy atom. The molecule has 7 nitrogen and oxygen atoms in total. The van der Waals surface area contributed by atoms with Gasteiger partial charge in [-0.2, -0.15) is 4.31 Å². The number of nitrogens with zero attached hydrogens (tertiary/aromatic N) is 2. The third-order valence-corrected chi connectivity index (χ3v) is 8.67. The number of hydrogen-bond donors (Lipinski definition) is 0. The maximum atomic E-state index is 13.4. The molecule has 0 bridgehead atoms. The molecule has 0 spiro atoms. The molecule has 2 saturated heterocycles. The minimum atomic E-state index is -3.71. The molecule has 0 unspecified atom stereocenters. The summed E-state index contributed by atoms with van der Waals surface area (Å²) < 4.78 is 39.6.